The second-order valence-electron chi connectivity index (χ2n) is 5.15. The maximum absolute atomic E-state index is 6.26. The van der Waals surface area contributed by atoms with E-state index in [1.165, 1.54) is 11.3 Å². The standard InChI is InChI=1S/C16H9Cl3N4S/c17-10-3-1-9(2-4-10)7-14-20-21-16-23(14)22-15(24-16)12-8-11(18)5-6-13(12)19/h1-6,8H,7H2. The molecule has 0 bridgehead atoms. The highest BCUT2D eigenvalue weighted by Crippen LogP contribution is 2.33. The van der Waals surface area contributed by atoms with Crippen LogP contribution >= 0.6 is 46.1 Å². The summed E-state index contributed by atoms with van der Waals surface area (Å²) in [5.41, 5.74) is 1.88. The molecule has 0 N–H and O–H groups in total. The van der Waals surface area contributed by atoms with Gasteiger partial charge in [0.25, 0.3) is 0 Å². The third kappa shape index (κ3) is 3.00. The van der Waals surface area contributed by atoms with E-state index in [1.54, 1.807) is 22.7 Å². The quantitative estimate of drug-likeness (QED) is 0.466. The van der Waals surface area contributed by atoms with Crippen LogP contribution in [-0.2, 0) is 6.42 Å². The third-order valence-electron chi connectivity index (χ3n) is 3.49. The topological polar surface area (TPSA) is 43.1 Å². The van der Waals surface area contributed by atoms with Crippen LogP contribution in [0.15, 0.2) is 42.5 Å². The summed E-state index contributed by atoms with van der Waals surface area (Å²) in [7, 11) is 0. The Bertz CT molecular complexity index is 1020. The number of hydrogen-bond acceptors (Lipinski definition) is 4. The molecule has 4 aromatic rings. The summed E-state index contributed by atoms with van der Waals surface area (Å²) in [5.74, 6) is 0.757. The van der Waals surface area contributed by atoms with Crippen molar-refractivity contribution in [2.24, 2.45) is 0 Å². The van der Waals surface area contributed by atoms with Crippen LogP contribution in [0.2, 0.25) is 15.1 Å². The summed E-state index contributed by atoms with van der Waals surface area (Å²) in [5, 5.41) is 15.7. The van der Waals surface area contributed by atoms with Gasteiger partial charge in [-0.15, -0.1) is 10.2 Å². The van der Waals surface area contributed by atoms with Crippen LogP contribution in [0.25, 0.3) is 15.5 Å². The first-order chi connectivity index (χ1) is 11.6. The van der Waals surface area contributed by atoms with Crippen molar-refractivity contribution in [1.29, 1.82) is 0 Å². The summed E-state index contributed by atoms with van der Waals surface area (Å²) in [6, 6.07) is 12.9. The Hall–Kier alpha value is -1.66. The van der Waals surface area contributed by atoms with Crippen LogP contribution < -0.4 is 0 Å². The van der Waals surface area contributed by atoms with Crippen LogP contribution in [0.5, 0.6) is 0 Å². The van der Waals surface area contributed by atoms with Gasteiger partial charge in [-0.3, -0.25) is 0 Å². The first kappa shape index (κ1) is 15.8. The van der Waals surface area contributed by atoms with Crippen molar-refractivity contribution in [1.82, 2.24) is 19.8 Å². The maximum Gasteiger partial charge on any atom is 0.234 e. The largest absolute Gasteiger partial charge is 0.234 e. The predicted molar refractivity (Wildman–Crippen MR) is 98.4 cm³/mol. The highest BCUT2D eigenvalue weighted by molar-refractivity contribution is 7.19. The SMILES string of the molecule is Clc1ccc(Cc2nnc3sc(-c4cc(Cl)ccc4Cl)nn23)cc1. The van der Waals surface area contributed by atoms with Crippen LogP contribution in [0.1, 0.15) is 11.4 Å². The van der Waals surface area contributed by atoms with Gasteiger partial charge in [0.05, 0.1) is 5.02 Å². The van der Waals surface area contributed by atoms with Crippen molar-refractivity contribution < 1.29 is 0 Å². The highest BCUT2D eigenvalue weighted by atomic mass is 35.5. The van der Waals surface area contributed by atoms with Gasteiger partial charge in [-0.1, -0.05) is 58.3 Å². The normalized spacial score (nSPS) is 11.3. The molecule has 0 saturated carbocycles. The number of rotatable bonds is 3. The summed E-state index contributed by atoms with van der Waals surface area (Å²) in [6.07, 6.45) is 0.616. The Morgan fingerprint density at radius 3 is 2.46 bits per heavy atom. The zero-order chi connectivity index (χ0) is 16.7. The van der Waals surface area contributed by atoms with E-state index in [4.69, 9.17) is 34.8 Å². The molecule has 0 fully saturated rings. The Labute approximate surface area is 156 Å². The maximum atomic E-state index is 6.26. The fourth-order valence-electron chi connectivity index (χ4n) is 2.32. The summed E-state index contributed by atoms with van der Waals surface area (Å²) < 4.78 is 1.74. The molecule has 0 spiro atoms. The van der Waals surface area contributed by atoms with Gasteiger partial charge in [-0.05, 0) is 35.9 Å². The second kappa shape index (κ2) is 6.33. The van der Waals surface area contributed by atoms with Crippen molar-refractivity contribution in [3.63, 3.8) is 0 Å². The molecule has 2 aromatic heterocycles. The van der Waals surface area contributed by atoms with Gasteiger partial charge in [0.2, 0.25) is 4.96 Å². The third-order valence-corrected chi connectivity index (χ3v) is 5.24. The van der Waals surface area contributed by atoms with Crippen molar-refractivity contribution >= 4 is 51.1 Å². The van der Waals surface area contributed by atoms with E-state index < -0.39 is 0 Å². The number of nitrogens with zero attached hydrogens (tertiary/aromatic N) is 4. The molecule has 0 aliphatic carbocycles. The van der Waals surface area contributed by atoms with Gasteiger partial charge < -0.3 is 0 Å². The monoisotopic (exact) mass is 394 g/mol. The average molecular weight is 396 g/mol. The molecule has 0 unspecified atom stereocenters. The van der Waals surface area contributed by atoms with E-state index in [0.29, 0.717) is 26.4 Å². The summed E-state index contributed by atoms with van der Waals surface area (Å²) in [4.78, 5) is 0.713. The second-order valence-corrected chi connectivity index (χ2v) is 7.38. The molecule has 2 heterocycles. The lowest BCUT2D eigenvalue weighted by molar-refractivity contribution is 0.854. The Morgan fingerprint density at radius 1 is 0.917 bits per heavy atom. The summed E-state index contributed by atoms with van der Waals surface area (Å²) in [6.45, 7) is 0. The van der Waals surface area contributed by atoms with Crippen LogP contribution in [0.4, 0.5) is 0 Å². The van der Waals surface area contributed by atoms with Gasteiger partial charge in [-0.2, -0.15) is 9.61 Å². The minimum atomic E-state index is 0.601. The molecule has 4 rings (SSSR count). The Balaban J connectivity index is 1.73. The fourth-order valence-corrected chi connectivity index (χ4v) is 3.77. The number of aromatic nitrogens is 4. The molecule has 0 aliphatic heterocycles. The van der Waals surface area contributed by atoms with E-state index in [2.05, 4.69) is 15.3 Å². The van der Waals surface area contributed by atoms with Crippen LogP contribution in [0.3, 0.4) is 0 Å². The van der Waals surface area contributed by atoms with Gasteiger partial charge in [0, 0.05) is 22.0 Å². The van der Waals surface area contributed by atoms with Crippen molar-refractivity contribution in [2.45, 2.75) is 6.42 Å². The van der Waals surface area contributed by atoms with Gasteiger partial charge in [0.1, 0.15) is 5.01 Å². The lowest BCUT2D eigenvalue weighted by Crippen LogP contribution is -1.97. The minimum absolute atomic E-state index is 0.601. The van der Waals surface area contributed by atoms with Crippen molar-refractivity contribution in [3.8, 4) is 10.6 Å². The first-order valence-corrected chi connectivity index (χ1v) is 8.96. The fraction of sp³-hybridized carbons (Fsp3) is 0.0625. The predicted octanol–water partition coefficient (Wildman–Crippen LogP) is 5.40. The molecule has 0 atom stereocenters. The lowest BCUT2D eigenvalue weighted by Gasteiger charge is -2.00. The Morgan fingerprint density at radius 2 is 1.67 bits per heavy atom. The molecule has 120 valence electrons. The van der Waals surface area contributed by atoms with Crippen molar-refractivity contribution in [3.05, 3.63) is 68.9 Å². The number of fused-ring (bicyclic) bond motifs is 1. The smallest absolute Gasteiger partial charge is 0.187 e. The summed E-state index contributed by atoms with van der Waals surface area (Å²) >= 11 is 19.7. The number of benzene rings is 2. The van der Waals surface area contributed by atoms with E-state index in [-0.39, 0.29) is 0 Å². The molecule has 0 saturated heterocycles. The lowest BCUT2D eigenvalue weighted by atomic mass is 10.1. The van der Waals surface area contributed by atoms with Gasteiger partial charge >= 0.3 is 0 Å². The van der Waals surface area contributed by atoms with Crippen LogP contribution in [0, 0.1) is 0 Å². The Kier molecular flexibility index (Phi) is 4.18. The van der Waals surface area contributed by atoms with E-state index >= 15 is 0 Å². The molecule has 2 aromatic carbocycles. The van der Waals surface area contributed by atoms with Gasteiger partial charge in [-0.25, -0.2) is 0 Å². The highest BCUT2D eigenvalue weighted by Gasteiger charge is 2.15. The molecule has 0 radical (unpaired) electrons. The molecule has 0 amide bonds. The minimum Gasteiger partial charge on any atom is -0.187 e. The molecular formula is C16H9Cl3N4S. The van der Waals surface area contributed by atoms with E-state index in [9.17, 15) is 0 Å². The number of hydrogen-bond donors (Lipinski definition) is 0. The molecule has 24 heavy (non-hydrogen) atoms. The zero-order valence-corrected chi connectivity index (χ0v) is 15.2. The molecule has 4 nitrogen and oxygen atoms in total. The number of halogens is 3. The molecular weight excluding hydrogens is 387 g/mol. The molecule has 8 heteroatoms. The first-order valence-electron chi connectivity index (χ1n) is 7.01. The van der Waals surface area contributed by atoms with E-state index in [1.807, 2.05) is 24.3 Å². The average Bonchev–Trinajstić information content (AvgIpc) is 3.14. The molecule has 0 aliphatic rings. The van der Waals surface area contributed by atoms with Gasteiger partial charge in [0.15, 0.2) is 5.82 Å². The van der Waals surface area contributed by atoms with Crippen molar-refractivity contribution in [2.75, 3.05) is 0 Å². The van der Waals surface area contributed by atoms with Crippen LogP contribution in [-0.4, -0.2) is 19.8 Å². The zero-order valence-electron chi connectivity index (χ0n) is 12.1. The van der Waals surface area contributed by atoms with E-state index in [0.717, 1.165) is 22.0 Å².